The number of anilines is 1. The van der Waals surface area contributed by atoms with Crippen LogP contribution < -0.4 is 14.8 Å². The quantitative estimate of drug-likeness (QED) is 0.604. The van der Waals surface area contributed by atoms with Gasteiger partial charge in [0, 0.05) is 6.54 Å². The minimum absolute atomic E-state index is 0.133. The molecule has 4 rings (SSSR count). The zero-order valence-electron chi connectivity index (χ0n) is 17.4. The number of fused-ring (bicyclic) bond motifs is 1. The molecule has 1 fully saturated rings. The largest absolute Gasteiger partial charge is 0.497 e. The lowest BCUT2D eigenvalue weighted by molar-refractivity contribution is -0.119. The van der Waals surface area contributed by atoms with E-state index >= 15 is 0 Å². The van der Waals surface area contributed by atoms with Crippen LogP contribution in [0.3, 0.4) is 0 Å². The lowest BCUT2D eigenvalue weighted by Gasteiger charge is -2.23. The van der Waals surface area contributed by atoms with E-state index in [1.165, 1.54) is 34.9 Å². The number of nitrogens with one attached hydrogen (secondary N) is 1. The number of rotatable bonds is 6. The average Bonchev–Trinajstić information content (AvgIpc) is 3.42. The molecule has 164 valence electrons. The molecule has 31 heavy (non-hydrogen) atoms. The Balaban J connectivity index is 1.58. The Hall–Kier alpha value is -2.69. The fourth-order valence-electron chi connectivity index (χ4n) is 3.69. The van der Waals surface area contributed by atoms with Crippen LogP contribution in [0.25, 0.3) is 10.2 Å². The molecular formula is C21H23N3O5S2. The summed E-state index contributed by atoms with van der Waals surface area (Å²) in [5, 5.41) is 3.23. The Labute approximate surface area is 184 Å². The molecule has 2 heterocycles. The third-order valence-electron chi connectivity index (χ3n) is 5.33. The number of hydrogen-bond donors (Lipinski definition) is 1. The van der Waals surface area contributed by atoms with Crippen LogP contribution in [0.4, 0.5) is 5.13 Å². The highest BCUT2D eigenvalue weighted by molar-refractivity contribution is 7.89. The molecule has 0 saturated carbocycles. The van der Waals surface area contributed by atoms with Gasteiger partial charge in [0.2, 0.25) is 15.9 Å². The van der Waals surface area contributed by atoms with Gasteiger partial charge in [-0.3, -0.25) is 4.79 Å². The number of benzene rings is 2. The van der Waals surface area contributed by atoms with Crippen molar-refractivity contribution in [3.05, 3.63) is 42.0 Å². The van der Waals surface area contributed by atoms with E-state index in [0.29, 0.717) is 41.5 Å². The van der Waals surface area contributed by atoms with E-state index in [0.717, 1.165) is 10.3 Å². The molecule has 0 bridgehead atoms. The Kier molecular flexibility index (Phi) is 5.87. The van der Waals surface area contributed by atoms with E-state index in [1.54, 1.807) is 19.2 Å². The van der Waals surface area contributed by atoms with E-state index in [4.69, 9.17) is 9.47 Å². The summed E-state index contributed by atoms with van der Waals surface area (Å²) >= 11 is 1.34. The van der Waals surface area contributed by atoms with Crippen molar-refractivity contribution >= 4 is 42.6 Å². The zero-order valence-corrected chi connectivity index (χ0v) is 19.0. The van der Waals surface area contributed by atoms with Gasteiger partial charge in [-0.25, -0.2) is 13.4 Å². The number of thiazole rings is 1. The number of ether oxygens (including phenoxy) is 2. The molecule has 1 aliphatic heterocycles. The Bertz CT molecular complexity index is 1220. The first-order chi connectivity index (χ1) is 14.8. The maximum absolute atomic E-state index is 13.1. The van der Waals surface area contributed by atoms with E-state index in [1.807, 2.05) is 19.1 Å². The van der Waals surface area contributed by atoms with E-state index in [9.17, 15) is 13.2 Å². The summed E-state index contributed by atoms with van der Waals surface area (Å²) < 4.78 is 38.9. The predicted molar refractivity (Wildman–Crippen MR) is 119 cm³/mol. The smallest absolute Gasteiger partial charge is 0.244 e. The number of aromatic nitrogens is 1. The summed E-state index contributed by atoms with van der Waals surface area (Å²) in [4.78, 5) is 17.7. The second-order valence-corrected chi connectivity index (χ2v) is 10.1. The fourth-order valence-corrected chi connectivity index (χ4v) is 6.30. The van der Waals surface area contributed by atoms with Crippen molar-refractivity contribution in [2.24, 2.45) is 0 Å². The highest BCUT2D eigenvalue weighted by Gasteiger charge is 2.39. The molecule has 1 N–H and O–H groups in total. The van der Waals surface area contributed by atoms with Gasteiger partial charge in [0.05, 0.1) is 23.8 Å². The Morgan fingerprint density at radius 3 is 2.58 bits per heavy atom. The van der Waals surface area contributed by atoms with Crippen LogP contribution in [-0.4, -0.2) is 50.4 Å². The molecule has 0 radical (unpaired) electrons. The second-order valence-electron chi connectivity index (χ2n) is 7.22. The highest BCUT2D eigenvalue weighted by Crippen LogP contribution is 2.35. The van der Waals surface area contributed by atoms with Crippen molar-refractivity contribution in [3.63, 3.8) is 0 Å². The molecule has 10 heteroatoms. The van der Waals surface area contributed by atoms with Gasteiger partial charge in [-0.15, -0.1) is 0 Å². The highest BCUT2D eigenvalue weighted by atomic mass is 32.2. The van der Waals surface area contributed by atoms with Gasteiger partial charge >= 0.3 is 0 Å². The van der Waals surface area contributed by atoms with Crippen molar-refractivity contribution in [1.82, 2.24) is 9.29 Å². The number of sulfonamides is 1. The van der Waals surface area contributed by atoms with E-state index in [-0.39, 0.29) is 10.8 Å². The molecule has 0 aliphatic carbocycles. The van der Waals surface area contributed by atoms with E-state index < -0.39 is 16.1 Å². The van der Waals surface area contributed by atoms with Crippen LogP contribution in [0.15, 0.2) is 41.3 Å². The van der Waals surface area contributed by atoms with E-state index in [2.05, 4.69) is 10.3 Å². The summed E-state index contributed by atoms with van der Waals surface area (Å²) in [5.41, 5.74) is 1.70. The minimum Gasteiger partial charge on any atom is -0.497 e. The number of aryl methyl sites for hydroxylation is 1. The summed E-state index contributed by atoms with van der Waals surface area (Å²) in [7, 11) is -0.723. The number of amides is 1. The first kappa shape index (κ1) is 21.5. The lowest BCUT2D eigenvalue weighted by atomic mass is 10.2. The molecule has 1 atom stereocenters. The van der Waals surface area contributed by atoms with Crippen molar-refractivity contribution in [2.75, 3.05) is 26.1 Å². The third kappa shape index (κ3) is 3.98. The van der Waals surface area contributed by atoms with Crippen LogP contribution in [0.2, 0.25) is 0 Å². The maximum atomic E-state index is 13.1. The van der Waals surface area contributed by atoms with Gasteiger partial charge in [0.15, 0.2) is 5.13 Å². The SMILES string of the molecule is COc1ccc(S(=O)(=O)N2CCCC2C(=O)Nc2nc3c(OC)ccc(C)c3s2)cc1. The monoisotopic (exact) mass is 461 g/mol. The second kappa shape index (κ2) is 8.45. The van der Waals surface area contributed by atoms with Gasteiger partial charge in [-0.1, -0.05) is 17.4 Å². The predicted octanol–water partition coefficient (Wildman–Crippen LogP) is 3.41. The normalized spacial score (nSPS) is 17.1. The Morgan fingerprint density at radius 2 is 1.90 bits per heavy atom. The first-order valence-electron chi connectivity index (χ1n) is 9.76. The molecule has 8 nitrogen and oxygen atoms in total. The average molecular weight is 462 g/mol. The molecule has 1 aliphatic rings. The number of carbonyl (C=O) groups is 1. The van der Waals surface area contributed by atoms with Crippen LogP contribution in [0.5, 0.6) is 11.5 Å². The standard InChI is InChI=1S/C21H23N3O5S2/c1-13-6-11-17(29-3)18-19(13)30-21(22-18)23-20(25)16-5-4-12-24(16)31(26,27)15-9-7-14(28-2)8-10-15/h6-11,16H,4-5,12H2,1-3H3,(H,22,23,25). The van der Waals surface area contributed by atoms with Crippen molar-refractivity contribution in [3.8, 4) is 11.5 Å². The molecular weight excluding hydrogens is 438 g/mol. The van der Waals surface area contributed by atoms with Crippen molar-refractivity contribution in [2.45, 2.75) is 30.7 Å². The van der Waals surface area contributed by atoms with Crippen LogP contribution >= 0.6 is 11.3 Å². The van der Waals surface area contributed by atoms with Crippen molar-refractivity contribution in [1.29, 1.82) is 0 Å². The topological polar surface area (TPSA) is 97.8 Å². The number of carbonyl (C=O) groups excluding carboxylic acids is 1. The van der Waals surface area contributed by atoms with Crippen LogP contribution in [0.1, 0.15) is 18.4 Å². The maximum Gasteiger partial charge on any atom is 0.244 e. The summed E-state index contributed by atoms with van der Waals surface area (Å²) in [6.45, 7) is 2.25. The lowest BCUT2D eigenvalue weighted by Crippen LogP contribution is -2.43. The molecule has 1 unspecified atom stereocenters. The van der Waals surface area contributed by atoms with Gasteiger partial charge < -0.3 is 14.8 Å². The number of nitrogens with zero attached hydrogens (tertiary/aromatic N) is 2. The first-order valence-corrected chi connectivity index (χ1v) is 12.0. The molecule has 0 spiro atoms. The van der Waals surface area contributed by atoms with Crippen molar-refractivity contribution < 1.29 is 22.7 Å². The van der Waals surface area contributed by atoms with Gasteiger partial charge in [-0.05, 0) is 55.7 Å². The summed E-state index contributed by atoms with van der Waals surface area (Å²) in [5.74, 6) is 0.809. The van der Waals surface area contributed by atoms with Gasteiger partial charge in [0.1, 0.15) is 23.1 Å². The summed E-state index contributed by atoms with van der Waals surface area (Å²) in [6.07, 6.45) is 1.06. The van der Waals surface area contributed by atoms with Crippen LogP contribution in [0, 0.1) is 6.92 Å². The molecule has 1 amide bonds. The minimum atomic E-state index is -3.81. The number of methoxy groups -OCH3 is 2. The van der Waals surface area contributed by atoms with Gasteiger partial charge in [-0.2, -0.15) is 4.31 Å². The molecule has 3 aromatic rings. The van der Waals surface area contributed by atoms with Crippen LogP contribution in [-0.2, 0) is 14.8 Å². The summed E-state index contributed by atoms with van der Waals surface area (Å²) in [6, 6.07) is 9.15. The van der Waals surface area contributed by atoms with Gasteiger partial charge in [0.25, 0.3) is 0 Å². The molecule has 1 aromatic heterocycles. The molecule has 2 aromatic carbocycles. The third-order valence-corrected chi connectivity index (χ3v) is 8.35. The zero-order chi connectivity index (χ0) is 22.2. The molecule has 1 saturated heterocycles. The Morgan fingerprint density at radius 1 is 1.16 bits per heavy atom. The number of hydrogen-bond acceptors (Lipinski definition) is 7. The fraction of sp³-hybridized carbons (Fsp3) is 0.333.